The van der Waals surface area contributed by atoms with Crippen molar-refractivity contribution < 1.29 is 0 Å². The Hall–Kier alpha value is 0.0900. The summed E-state index contributed by atoms with van der Waals surface area (Å²) in [7, 11) is 0. The van der Waals surface area contributed by atoms with Crippen LogP contribution in [-0.2, 0) is 0 Å². The van der Waals surface area contributed by atoms with Gasteiger partial charge in [0, 0.05) is 0 Å². The Bertz CT molecular complexity index is 76.2. The van der Waals surface area contributed by atoms with Crippen LogP contribution in [0, 0.1) is 0 Å². The van der Waals surface area contributed by atoms with Crippen molar-refractivity contribution in [3.8, 4) is 0 Å². The molecular weight excluding hydrogens is 104 g/mol. The van der Waals surface area contributed by atoms with Crippen molar-refractivity contribution in [1.29, 1.82) is 0 Å². The van der Waals surface area contributed by atoms with E-state index in [0.29, 0.717) is 0 Å². The average Bonchev–Trinajstić information content (AvgIpc) is 2.14. The molecule has 40 valence electrons. The molecule has 0 unspecified atom stereocenters. The van der Waals surface area contributed by atoms with E-state index in [9.17, 15) is 0 Å². The van der Waals surface area contributed by atoms with Crippen LogP contribution in [0.3, 0.4) is 0 Å². The molecule has 0 aromatic rings. The van der Waals surface area contributed by atoms with Gasteiger partial charge in [-0.3, -0.25) is 0 Å². The molecule has 7 heavy (non-hydrogen) atoms. The van der Waals surface area contributed by atoms with Gasteiger partial charge in [0.25, 0.3) is 0 Å². The van der Waals surface area contributed by atoms with Crippen LogP contribution in [0.15, 0.2) is 11.0 Å². The van der Waals surface area contributed by atoms with Gasteiger partial charge in [0.1, 0.15) is 0 Å². The molecule has 0 nitrogen and oxygen atoms in total. The largest absolute Gasteiger partial charge is 0.131 e. The number of allylic oxidation sites excluding steroid dienone is 2. The van der Waals surface area contributed by atoms with E-state index in [1.807, 2.05) is 11.8 Å². The maximum atomic E-state index is 2.22. The summed E-state index contributed by atoms with van der Waals surface area (Å²) in [6.45, 7) is 2.12. The zero-order valence-electron chi connectivity index (χ0n) is 4.61. The zero-order chi connectivity index (χ0) is 5.11. The second-order valence-corrected chi connectivity index (χ2v) is 2.93. The van der Waals surface area contributed by atoms with Crippen LogP contribution in [0.5, 0.6) is 0 Å². The predicted octanol–water partition coefficient (Wildman–Crippen LogP) is 2.42. The fourth-order valence-corrected chi connectivity index (χ4v) is 1.76. The second kappa shape index (κ2) is 2.41. The fourth-order valence-electron chi connectivity index (χ4n) is 0.750. The molecule has 0 spiro atoms. The number of thioether (sulfide) groups is 1. The van der Waals surface area contributed by atoms with Gasteiger partial charge in [0.2, 0.25) is 0 Å². The first-order chi connectivity index (χ1) is 3.43. The Labute approximate surface area is 49.0 Å². The van der Waals surface area contributed by atoms with E-state index in [4.69, 9.17) is 0 Å². The lowest BCUT2D eigenvalue weighted by molar-refractivity contribution is 0.993. The topological polar surface area (TPSA) is 0 Å². The summed E-state index contributed by atoms with van der Waals surface area (Å²) in [6, 6.07) is 0. The van der Waals surface area contributed by atoms with E-state index >= 15 is 0 Å². The van der Waals surface area contributed by atoms with E-state index in [2.05, 4.69) is 13.0 Å². The lowest BCUT2D eigenvalue weighted by Gasteiger charge is -1.85. The number of hydrogen-bond donors (Lipinski definition) is 0. The Kier molecular flexibility index (Phi) is 1.80. The second-order valence-electron chi connectivity index (χ2n) is 1.71. The molecule has 0 aliphatic carbocycles. The Morgan fingerprint density at radius 1 is 1.71 bits per heavy atom. The van der Waals surface area contributed by atoms with E-state index in [1.165, 1.54) is 18.6 Å². The van der Waals surface area contributed by atoms with Gasteiger partial charge >= 0.3 is 0 Å². The SMILES string of the molecule is CC=C1CCCS1. The van der Waals surface area contributed by atoms with E-state index in [0.717, 1.165) is 0 Å². The van der Waals surface area contributed by atoms with Crippen LogP contribution in [0.1, 0.15) is 19.8 Å². The Balaban J connectivity index is 2.41. The lowest BCUT2D eigenvalue weighted by atomic mass is 10.3. The standard InChI is InChI=1S/C6H10S/c1-2-6-4-3-5-7-6/h2H,3-5H2,1H3. The summed E-state index contributed by atoms with van der Waals surface area (Å²) >= 11 is 2.00. The molecular formula is C6H10S. The van der Waals surface area contributed by atoms with Crippen molar-refractivity contribution in [3.63, 3.8) is 0 Å². The minimum atomic E-state index is 1.33. The molecule has 1 aliphatic heterocycles. The first kappa shape index (κ1) is 5.23. The van der Waals surface area contributed by atoms with Crippen molar-refractivity contribution in [3.05, 3.63) is 11.0 Å². The first-order valence-electron chi connectivity index (χ1n) is 2.71. The number of rotatable bonds is 0. The molecule has 1 fully saturated rings. The Morgan fingerprint density at radius 2 is 2.57 bits per heavy atom. The van der Waals surface area contributed by atoms with Crippen molar-refractivity contribution in [2.24, 2.45) is 0 Å². The molecule has 0 atom stereocenters. The Morgan fingerprint density at radius 3 is 2.86 bits per heavy atom. The summed E-state index contributed by atoms with van der Waals surface area (Å²) in [5.41, 5.74) is 0. The molecule has 1 heterocycles. The highest BCUT2D eigenvalue weighted by Gasteiger charge is 2.03. The van der Waals surface area contributed by atoms with Crippen molar-refractivity contribution >= 4 is 11.8 Å². The van der Waals surface area contributed by atoms with Gasteiger partial charge in [-0.1, -0.05) is 6.08 Å². The summed E-state index contributed by atoms with van der Waals surface area (Å²) in [5, 5.41) is 0. The van der Waals surface area contributed by atoms with Gasteiger partial charge < -0.3 is 0 Å². The van der Waals surface area contributed by atoms with Gasteiger partial charge in [0.15, 0.2) is 0 Å². The highest BCUT2D eigenvalue weighted by Crippen LogP contribution is 2.29. The first-order valence-corrected chi connectivity index (χ1v) is 3.70. The van der Waals surface area contributed by atoms with Crippen LogP contribution in [-0.4, -0.2) is 5.75 Å². The van der Waals surface area contributed by atoms with Gasteiger partial charge in [-0.05, 0) is 30.4 Å². The summed E-state index contributed by atoms with van der Waals surface area (Å²) in [5.74, 6) is 1.35. The fraction of sp³-hybridized carbons (Fsp3) is 0.667. The normalized spacial score (nSPS) is 26.7. The summed E-state index contributed by atoms with van der Waals surface area (Å²) in [4.78, 5) is 1.58. The molecule has 0 aromatic carbocycles. The summed E-state index contributed by atoms with van der Waals surface area (Å²) < 4.78 is 0. The maximum absolute atomic E-state index is 2.22. The predicted molar refractivity (Wildman–Crippen MR) is 35.4 cm³/mol. The van der Waals surface area contributed by atoms with Crippen molar-refractivity contribution in [2.45, 2.75) is 19.8 Å². The van der Waals surface area contributed by atoms with E-state index < -0.39 is 0 Å². The highest BCUT2D eigenvalue weighted by atomic mass is 32.2. The van der Waals surface area contributed by atoms with Crippen molar-refractivity contribution in [1.82, 2.24) is 0 Å². The van der Waals surface area contributed by atoms with Crippen molar-refractivity contribution in [2.75, 3.05) is 5.75 Å². The summed E-state index contributed by atoms with van der Waals surface area (Å²) in [6.07, 6.45) is 4.95. The van der Waals surface area contributed by atoms with Crippen LogP contribution in [0.2, 0.25) is 0 Å². The highest BCUT2D eigenvalue weighted by molar-refractivity contribution is 8.03. The van der Waals surface area contributed by atoms with Gasteiger partial charge in [-0.15, -0.1) is 11.8 Å². The molecule has 0 N–H and O–H groups in total. The third kappa shape index (κ3) is 1.23. The van der Waals surface area contributed by atoms with Gasteiger partial charge in [-0.2, -0.15) is 0 Å². The molecule has 0 radical (unpaired) electrons. The maximum Gasteiger partial charge on any atom is -0.00200 e. The van der Waals surface area contributed by atoms with E-state index in [-0.39, 0.29) is 0 Å². The zero-order valence-corrected chi connectivity index (χ0v) is 5.42. The van der Waals surface area contributed by atoms with Crippen LogP contribution in [0.4, 0.5) is 0 Å². The monoisotopic (exact) mass is 114 g/mol. The molecule has 0 aromatic heterocycles. The molecule has 1 heteroatoms. The molecule has 0 saturated carbocycles. The smallest absolute Gasteiger partial charge is 0.00200 e. The van der Waals surface area contributed by atoms with Gasteiger partial charge in [-0.25, -0.2) is 0 Å². The third-order valence-electron chi connectivity index (χ3n) is 1.18. The molecule has 1 saturated heterocycles. The van der Waals surface area contributed by atoms with E-state index in [1.54, 1.807) is 4.91 Å². The van der Waals surface area contributed by atoms with Gasteiger partial charge in [0.05, 0.1) is 0 Å². The third-order valence-corrected chi connectivity index (χ3v) is 2.48. The molecule has 0 bridgehead atoms. The minimum absolute atomic E-state index is 1.33. The molecule has 1 rings (SSSR count). The van der Waals surface area contributed by atoms with Crippen LogP contribution < -0.4 is 0 Å². The minimum Gasteiger partial charge on any atom is -0.131 e. The number of hydrogen-bond acceptors (Lipinski definition) is 1. The van der Waals surface area contributed by atoms with Crippen LogP contribution in [0.25, 0.3) is 0 Å². The quantitative estimate of drug-likeness (QED) is 0.466. The molecule has 1 aliphatic rings. The lowest BCUT2D eigenvalue weighted by Crippen LogP contribution is -1.60. The average molecular weight is 114 g/mol. The van der Waals surface area contributed by atoms with Crippen LogP contribution >= 0.6 is 11.8 Å². The molecule has 0 amide bonds.